The molecular formula is C34H34N4O10. The van der Waals surface area contributed by atoms with Crippen molar-refractivity contribution in [3.8, 4) is 0 Å². The maximum Gasteiger partial charge on any atom is 0.336 e. The number of rotatable bonds is 7. The molecule has 3 aliphatic heterocycles. The van der Waals surface area contributed by atoms with Crippen LogP contribution in [0.3, 0.4) is 0 Å². The van der Waals surface area contributed by atoms with Crippen molar-refractivity contribution in [3.05, 3.63) is 59.7 Å². The van der Waals surface area contributed by atoms with Crippen molar-refractivity contribution >= 4 is 67.4 Å². The Morgan fingerprint density at radius 1 is 1.00 bits per heavy atom. The zero-order chi connectivity index (χ0) is 34.3. The van der Waals surface area contributed by atoms with Crippen molar-refractivity contribution < 1.29 is 49.1 Å². The average Bonchev–Trinajstić information content (AvgIpc) is 3.68. The Bertz CT molecular complexity index is 2190. The van der Waals surface area contributed by atoms with Gasteiger partial charge in [0.05, 0.1) is 40.5 Å². The quantitative estimate of drug-likeness (QED) is 0.150. The molecular weight excluding hydrogens is 624 g/mol. The number of aromatic nitrogens is 2. The summed E-state index contributed by atoms with van der Waals surface area (Å²) >= 11 is 0. The second-order valence-electron chi connectivity index (χ2n) is 12.6. The van der Waals surface area contributed by atoms with Gasteiger partial charge in [-0.3, -0.25) is 14.4 Å². The maximum absolute atomic E-state index is 13.3. The van der Waals surface area contributed by atoms with E-state index in [0.29, 0.717) is 6.54 Å². The van der Waals surface area contributed by atoms with E-state index in [4.69, 9.17) is 29.9 Å². The number of hydrogen-bond acceptors (Lipinski definition) is 8. The fourth-order valence-electron chi connectivity index (χ4n) is 8.05. The van der Waals surface area contributed by atoms with E-state index in [1.807, 2.05) is 7.05 Å². The Labute approximate surface area is 272 Å². The van der Waals surface area contributed by atoms with Crippen molar-refractivity contribution in [1.29, 1.82) is 0 Å². The third-order valence-electron chi connectivity index (χ3n) is 9.88. The lowest BCUT2D eigenvalue weighted by Crippen LogP contribution is -2.59. The highest BCUT2D eigenvalue weighted by Crippen LogP contribution is 2.53. The number of carbonyl (C=O) groups is 4. The number of aliphatic carboxylic acids is 3. The number of ether oxygens (including phenoxy) is 2. The Morgan fingerprint density at radius 2 is 1.60 bits per heavy atom. The number of aliphatic hydroxyl groups is 1. The van der Waals surface area contributed by atoms with E-state index in [1.54, 1.807) is 7.11 Å². The first-order chi connectivity index (χ1) is 22.9. The van der Waals surface area contributed by atoms with Gasteiger partial charge in [0.2, 0.25) is 0 Å². The number of nitrogens with one attached hydrogen (secondary N) is 2. The number of benzene rings is 3. The normalized spacial score (nSPS) is 22.8. The van der Waals surface area contributed by atoms with Gasteiger partial charge in [-0.05, 0) is 31.7 Å². The second kappa shape index (κ2) is 11.0. The maximum atomic E-state index is 13.3. The molecule has 0 radical (unpaired) electrons. The molecule has 3 aliphatic rings. The number of hydrogen-bond donors (Lipinski definition) is 6. The van der Waals surface area contributed by atoms with Crippen LogP contribution in [0.1, 0.15) is 48.3 Å². The van der Waals surface area contributed by atoms with Gasteiger partial charge in [0.25, 0.3) is 5.91 Å². The van der Waals surface area contributed by atoms with Crippen LogP contribution < -0.4 is 10.6 Å². The molecule has 14 heteroatoms. The lowest BCUT2D eigenvalue weighted by atomic mass is 9.93. The summed E-state index contributed by atoms with van der Waals surface area (Å²) in [5.41, 5.74) is 2.77. The van der Waals surface area contributed by atoms with Gasteiger partial charge in [0, 0.05) is 47.7 Å². The predicted octanol–water partition coefficient (Wildman–Crippen LogP) is 3.11. The van der Waals surface area contributed by atoms with Gasteiger partial charge in [-0.1, -0.05) is 36.4 Å². The Hall–Kier alpha value is -5.02. The average molecular weight is 659 g/mol. The molecule has 0 aliphatic carbocycles. The Balaban J connectivity index is 0.000000241. The zero-order valence-electron chi connectivity index (χ0n) is 26.3. The molecule has 250 valence electrons. The van der Waals surface area contributed by atoms with E-state index in [9.17, 15) is 19.2 Å². The van der Waals surface area contributed by atoms with Crippen LogP contribution in [0.5, 0.6) is 0 Å². The molecule has 2 bridgehead atoms. The minimum absolute atomic E-state index is 0.00357. The largest absolute Gasteiger partial charge is 0.481 e. The first-order valence-corrected chi connectivity index (χ1v) is 15.4. The van der Waals surface area contributed by atoms with Crippen LogP contribution >= 0.6 is 0 Å². The van der Waals surface area contributed by atoms with Crippen LogP contribution in [0.2, 0.25) is 0 Å². The molecule has 0 spiro atoms. The number of carbonyl (C=O) groups excluding carboxylic acids is 1. The molecule has 1 saturated heterocycles. The smallest absolute Gasteiger partial charge is 0.336 e. The van der Waals surface area contributed by atoms with Crippen molar-refractivity contribution in [3.63, 3.8) is 0 Å². The van der Waals surface area contributed by atoms with Crippen molar-refractivity contribution in [2.24, 2.45) is 0 Å². The minimum Gasteiger partial charge on any atom is -0.481 e. The van der Waals surface area contributed by atoms with Crippen LogP contribution in [-0.4, -0.2) is 85.3 Å². The summed E-state index contributed by atoms with van der Waals surface area (Å²) in [5, 5.41) is 44.8. The lowest BCUT2D eigenvalue weighted by Gasteiger charge is -2.48. The number of methoxy groups -OCH3 is 1. The van der Waals surface area contributed by atoms with E-state index in [0.717, 1.165) is 61.2 Å². The number of carboxylic acid groups (broad SMARTS) is 3. The Kier molecular flexibility index (Phi) is 7.25. The number of nitrogens with zero attached hydrogens (tertiary/aromatic N) is 2. The van der Waals surface area contributed by atoms with Gasteiger partial charge in [-0.15, -0.1) is 0 Å². The number of fused-ring (bicyclic) bond motifs is 13. The summed E-state index contributed by atoms with van der Waals surface area (Å²) in [4.78, 5) is 43.8. The summed E-state index contributed by atoms with van der Waals surface area (Å²) in [6.07, 6.45) is -1.95. The highest BCUT2D eigenvalue weighted by atomic mass is 16.6. The first kappa shape index (κ1) is 31.6. The fraction of sp³-hybridized carbons (Fsp3) is 0.353. The monoisotopic (exact) mass is 658 g/mol. The molecule has 1 amide bonds. The standard InChI is InChI=1S/C28H26N4O3.C6H8O7/c1-28-26(34-3)17(29-2)12-20(35-28)31-18-10-6-4-8-14(18)22-23-16(13-30-27(23)33)21-15-9-5-7-11-19(15)32(28)25(21)24(22)31;7-3(8)1-6(13,5(11)12)2-4(9)10/h4-11,17,20,26,29H,12-13H2,1-3H3,(H,30,33);13H,1-2H2,(H,7,8)(H,9,10)(H,11,12)/t17?,20-,26?,28+;/m0./s1. The highest BCUT2D eigenvalue weighted by molar-refractivity contribution is 6.31. The fourth-order valence-corrected chi connectivity index (χ4v) is 8.05. The molecule has 5 heterocycles. The van der Waals surface area contributed by atoms with Gasteiger partial charge in [0.1, 0.15) is 12.3 Å². The van der Waals surface area contributed by atoms with E-state index in [1.165, 1.54) is 0 Å². The van der Waals surface area contributed by atoms with E-state index >= 15 is 0 Å². The van der Waals surface area contributed by atoms with E-state index < -0.39 is 42.1 Å². The van der Waals surface area contributed by atoms with Crippen molar-refractivity contribution in [1.82, 2.24) is 19.8 Å². The summed E-state index contributed by atoms with van der Waals surface area (Å²) in [6.45, 7) is 2.68. The van der Waals surface area contributed by atoms with Gasteiger partial charge < -0.3 is 49.7 Å². The molecule has 5 aromatic rings. The summed E-state index contributed by atoms with van der Waals surface area (Å²) in [5.74, 6) is -5.02. The molecule has 8 rings (SSSR count). The van der Waals surface area contributed by atoms with Crippen LogP contribution in [0.25, 0.3) is 43.6 Å². The molecule has 48 heavy (non-hydrogen) atoms. The van der Waals surface area contributed by atoms with Gasteiger partial charge >= 0.3 is 17.9 Å². The molecule has 14 nitrogen and oxygen atoms in total. The first-order valence-electron chi connectivity index (χ1n) is 15.4. The minimum atomic E-state index is -2.74. The molecule has 4 atom stereocenters. The van der Waals surface area contributed by atoms with E-state index in [2.05, 4.69) is 75.2 Å². The molecule has 0 saturated carbocycles. The van der Waals surface area contributed by atoms with Crippen LogP contribution in [0, 0.1) is 0 Å². The summed E-state index contributed by atoms with van der Waals surface area (Å²) < 4.78 is 18.0. The van der Waals surface area contributed by atoms with Crippen molar-refractivity contribution in [2.45, 2.75) is 62.4 Å². The van der Waals surface area contributed by atoms with Gasteiger partial charge in [0.15, 0.2) is 11.3 Å². The Morgan fingerprint density at radius 3 is 2.19 bits per heavy atom. The van der Waals surface area contributed by atoms with Gasteiger partial charge in [-0.2, -0.15) is 0 Å². The van der Waals surface area contributed by atoms with Crippen LogP contribution in [0.15, 0.2) is 48.5 Å². The third-order valence-corrected chi connectivity index (χ3v) is 9.88. The van der Waals surface area contributed by atoms with Crippen molar-refractivity contribution in [2.75, 3.05) is 14.2 Å². The zero-order valence-corrected chi connectivity index (χ0v) is 26.3. The molecule has 3 aromatic carbocycles. The number of likely N-dealkylation sites (N-methyl/N-ethyl adjacent to an activating group) is 1. The molecule has 6 N–H and O–H groups in total. The number of amides is 1. The summed E-state index contributed by atoms with van der Waals surface area (Å²) in [6, 6.07) is 17.0. The third kappa shape index (κ3) is 4.33. The second-order valence-corrected chi connectivity index (χ2v) is 12.6. The topological polar surface area (TPSA) is 202 Å². The molecule has 2 aromatic heterocycles. The number of para-hydroxylation sites is 2. The predicted molar refractivity (Wildman–Crippen MR) is 173 cm³/mol. The SMILES string of the molecule is CNC1C[C@@H]2O[C@](C)(C1OC)n1c3ccccc3c3c4c(c5c6ccccc6n2c5c31)C(=O)NC4.O=C(O)CC(O)(CC(=O)O)C(=O)O. The van der Waals surface area contributed by atoms with Gasteiger partial charge in [-0.25, -0.2) is 4.79 Å². The summed E-state index contributed by atoms with van der Waals surface area (Å²) in [7, 11) is 3.77. The molecule has 1 fully saturated rings. The highest BCUT2D eigenvalue weighted by Gasteiger charge is 2.53. The van der Waals surface area contributed by atoms with Crippen LogP contribution in [0.4, 0.5) is 0 Å². The number of carboxylic acids is 3. The van der Waals surface area contributed by atoms with E-state index in [-0.39, 0.29) is 24.3 Å². The van der Waals surface area contributed by atoms with Crippen LogP contribution in [-0.2, 0) is 36.1 Å². The lowest BCUT2D eigenvalue weighted by molar-refractivity contribution is -0.256. The molecule has 2 unspecified atom stereocenters.